The van der Waals surface area contributed by atoms with Crippen LogP contribution >= 0.6 is 7.92 Å². The number of rotatable bonds is 5. The zero-order chi connectivity index (χ0) is 24.5. The second kappa shape index (κ2) is 9.61. The van der Waals surface area contributed by atoms with Gasteiger partial charge in [0.15, 0.2) is 0 Å². The zero-order valence-corrected chi connectivity index (χ0v) is 21.5. The van der Waals surface area contributed by atoms with Crippen molar-refractivity contribution in [3.63, 3.8) is 0 Å². The summed E-state index contributed by atoms with van der Waals surface area (Å²) in [6.45, 7) is 0. The minimum atomic E-state index is -0.784. The lowest BCUT2D eigenvalue weighted by Crippen LogP contribution is -2.23. The molecule has 6 aromatic rings. The fraction of sp³-hybridized carbons (Fsp3) is 0.0588. The number of benzene rings is 6. The predicted molar refractivity (Wildman–Crippen MR) is 160 cm³/mol. The molecule has 0 fully saturated rings. The van der Waals surface area contributed by atoms with Crippen LogP contribution in [-0.2, 0) is 0 Å². The fourth-order valence-corrected chi connectivity index (χ4v) is 7.86. The smallest absolute Gasteiger partial charge is 0.0520 e. The van der Waals surface area contributed by atoms with Gasteiger partial charge in [-0.3, -0.25) is 0 Å². The molecule has 6 rings (SSSR count). The molecule has 0 N–H and O–H groups in total. The normalized spacial score (nSPS) is 11.3. The molecule has 36 heavy (non-hydrogen) atoms. The summed E-state index contributed by atoms with van der Waals surface area (Å²) in [6.07, 6.45) is 0. The number of hydrogen-bond acceptors (Lipinski definition) is 1. The van der Waals surface area contributed by atoms with Crippen LogP contribution < -0.4 is 20.8 Å². The Bertz CT molecular complexity index is 1620. The maximum Gasteiger partial charge on any atom is 0.0520 e. The van der Waals surface area contributed by atoms with Gasteiger partial charge in [-0.15, -0.1) is 0 Å². The third-order valence-corrected chi connectivity index (χ3v) is 9.35. The molecule has 174 valence electrons. The zero-order valence-electron chi connectivity index (χ0n) is 20.6. The van der Waals surface area contributed by atoms with Crippen molar-refractivity contribution < 1.29 is 0 Å². The molecule has 0 saturated carbocycles. The van der Waals surface area contributed by atoms with Gasteiger partial charge in [0.2, 0.25) is 0 Å². The monoisotopic (exact) mass is 481 g/mol. The summed E-state index contributed by atoms with van der Waals surface area (Å²) in [7, 11) is 3.53. The van der Waals surface area contributed by atoms with Gasteiger partial charge in [-0.1, -0.05) is 133 Å². The van der Waals surface area contributed by atoms with E-state index < -0.39 is 7.92 Å². The van der Waals surface area contributed by atoms with E-state index in [9.17, 15) is 0 Å². The third-order valence-electron chi connectivity index (χ3n) is 6.79. The molecular weight excluding hydrogens is 453 g/mol. The van der Waals surface area contributed by atoms with Crippen LogP contribution in [-0.4, -0.2) is 14.1 Å². The maximum atomic E-state index is 2.34. The SMILES string of the molecule is CN(C)c1c(-c2ccc3ccccc3c2P(c2ccccc2)c2ccccc2)ccc2ccccc12. The Morgan fingerprint density at radius 3 is 1.50 bits per heavy atom. The highest BCUT2D eigenvalue weighted by atomic mass is 31.1. The number of anilines is 1. The summed E-state index contributed by atoms with van der Waals surface area (Å²) in [4.78, 5) is 2.27. The number of nitrogens with zero attached hydrogens (tertiary/aromatic N) is 1. The van der Waals surface area contributed by atoms with Gasteiger partial charge in [-0.05, 0) is 40.3 Å². The van der Waals surface area contributed by atoms with Crippen LogP contribution in [0.3, 0.4) is 0 Å². The molecule has 0 radical (unpaired) electrons. The number of fused-ring (bicyclic) bond motifs is 2. The molecule has 1 nitrogen and oxygen atoms in total. The van der Waals surface area contributed by atoms with Crippen molar-refractivity contribution in [3.8, 4) is 11.1 Å². The molecule has 0 aliphatic heterocycles. The molecule has 0 saturated heterocycles. The molecule has 0 amide bonds. The first-order valence-corrected chi connectivity index (χ1v) is 13.7. The predicted octanol–water partition coefficient (Wildman–Crippen LogP) is 7.48. The molecule has 0 aliphatic rings. The second-order valence-corrected chi connectivity index (χ2v) is 11.4. The van der Waals surface area contributed by atoms with E-state index in [1.54, 1.807) is 0 Å². The third kappa shape index (κ3) is 3.96. The first-order chi connectivity index (χ1) is 17.7. The summed E-state index contributed by atoms with van der Waals surface area (Å²) in [5.41, 5.74) is 3.85. The van der Waals surface area contributed by atoms with E-state index in [0.717, 1.165) is 0 Å². The minimum absolute atomic E-state index is 0.784. The van der Waals surface area contributed by atoms with E-state index in [1.165, 1.54) is 54.3 Å². The van der Waals surface area contributed by atoms with Crippen molar-refractivity contribution >= 4 is 51.1 Å². The fourth-order valence-electron chi connectivity index (χ4n) is 5.23. The quantitative estimate of drug-likeness (QED) is 0.231. The Balaban J connectivity index is 1.74. The number of hydrogen-bond donors (Lipinski definition) is 0. The average molecular weight is 482 g/mol. The standard InChI is InChI=1S/C34H28NP/c1-35(2)33-29-19-11-9-13-25(29)21-23-31(33)32-24-22-26-14-10-12-20-30(26)34(32)36(27-15-5-3-6-16-27)28-17-7-4-8-18-28/h3-24H,1-2H3. The Kier molecular flexibility index (Phi) is 6.01. The summed E-state index contributed by atoms with van der Waals surface area (Å²) in [5.74, 6) is 0. The summed E-state index contributed by atoms with van der Waals surface area (Å²) < 4.78 is 0. The van der Waals surface area contributed by atoms with Gasteiger partial charge >= 0.3 is 0 Å². The van der Waals surface area contributed by atoms with E-state index in [4.69, 9.17) is 0 Å². The lowest BCUT2D eigenvalue weighted by Gasteiger charge is -2.27. The lowest BCUT2D eigenvalue weighted by atomic mass is 9.95. The van der Waals surface area contributed by atoms with Crippen molar-refractivity contribution in [3.05, 3.63) is 133 Å². The first-order valence-electron chi connectivity index (χ1n) is 12.3. The maximum absolute atomic E-state index is 2.34. The van der Waals surface area contributed by atoms with Gasteiger partial charge in [-0.2, -0.15) is 0 Å². The molecule has 0 unspecified atom stereocenters. The Labute approximate surface area is 214 Å². The average Bonchev–Trinajstić information content (AvgIpc) is 2.94. The van der Waals surface area contributed by atoms with Crippen LogP contribution in [0.1, 0.15) is 0 Å². The molecule has 0 spiro atoms. The molecular formula is C34H28NP. The first kappa shape index (κ1) is 22.5. The van der Waals surface area contributed by atoms with Crippen molar-refractivity contribution in [2.24, 2.45) is 0 Å². The van der Waals surface area contributed by atoms with Crippen LogP contribution in [0.4, 0.5) is 5.69 Å². The van der Waals surface area contributed by atoms with E-state index in [0.29, 0.717) is 0 Å². The van der Waals surface area contributed by atoms with Gasteiger partial charge < -0.3 is 4.90 Å². The molecule has 0 aromatic heterocycles. The van der Waals surface area contributed by atoms with Crippen molar-refractivity contribution in [2.75, 3.05) is 19.0 Å². The summed E-state index contributed by atoms with van der Waals surface area (Å²) in [5, 5.41) is 9.30. The Morgan fingerprint density at radius 1 is 0.444 bits per heavy atom. The largest absolute Gasteiger partial charge is 0.377 e. The van der Waals surface area contributed by atoms with E-state index in [-0.39, 0.29) is 0 Å². The van der Waals surface area contributed by atoms with Crippen LogP contribution in [0.2, 0.25) is 0 Å². The van der Waals surface area contributed by atoms with Crippen molar-refractivity contribution in [1.82, 2.24) is 0 Å². The Morgan fingerprint density at radius 2 is 0.917 bits per heavy atom. The summed E-state index contributed by atoms with van der Waals surface area (Å²) in [6, 6.07) is 48.8. The van der Waals surface area contributed by atoms with Crippen molar-refractivity contribution in [1.29, 1.82) is 0 Å². The van der Waals surface area contributed by atoms with Crippen LogP contribution in [0, 0.1) is 0 Å². The highest BCUT2D eigenvalue weighted by molar-refractivity contribution is 7.80. The second-order valence-electron chi connectivity index (χ2n) is 9.27. The van der Waals surface area contributed by atoms with Gasteiger partial charge in [0.1, 0.15) is 0 Å². The van der Waals surface area contributed by atoms with E-state index >= 15 is 0 Å². The highest BCUT2D eigenvalue weighted by Gasteiger charge is 2.24. The topological polar surface area (TPSA) is 3.24 Å². The molecule has 0 heterocycles. The van der Waals surface area contributed by atoms with E-state index in [2.05, 4.69) is 152 Å². The van der Waals surface area contributed by atoms with Gasteiger partial charge in [-0.25, -0.2) is 0 Å². The molecule has 0 aliphatic carbocycles. The van der Waals surface area contributed by atoms with Crippen LogP contribution in [0.15, 0.2) is 133 Å². The molecule has 0 bridgehead atoms. The lowest BCUT2D eigenvalue weighted by molar-refractivity contribution is 1.14. The van der Waals surface area contributed by atoms with Gasteiger partial charge in [0, 0.05) is 30.3 Å². The van der Waals surface area contributed by atoms with Gasteiger partial charge in [0.05, 0.1) is 5.69 Å². The molecule has 0 atom stereocenters. The van der Waals surface area contributed by atoms with Gasteiger partial charge in [0.25, 0.3) is 0 Å². The van der Waals surface area contributed by atoms with Crippen molar-refractivity contribution in [2.45, 2.75) is 0 Å². The Hall–Kier alpha value is -3.93. The highest BCUT2D eigenvalue weighted by Crippen LogP contribution is 2.43. The minimum Gasteiger partial charge on any atom is -0.377 e. The van der Waals surface area contributed by atoms with Crippen LogP contribution in [0.5, 0.6) is 0 Å². The van der Waals surface area contributed by atoms with Crippen LogP contribution in [0.25, 0.3) is 32.7 Å². The molecule has 6 aromatic carbocycles. The summed E-state index contributed by atoms with van der Waals surface area (Å²) >= 11 is 0. The molecule has 2 heteroatoms. The van der Waals surface area contributed by atoms with E-state index in [1.807, 2.05) is 0 Å².